The number of likely N-dealkylation sites (N-methyl/N-ethyl adjacent to an activating group) is 1. The van der Waals surface area contributed by atoms with Gasteiger partial charge in [-0.3, -0.25) is 4.79 Å². The van der Waals surface area contributed by atoms with Crippen molar-refractivity contribution >= 4 is 32.7 Å². The first-order valence-corrected chi connectivity index (χ1v) is 12.8. The summed E-state index contributed by atoms with van der Waals surface area (Å²) >= 11 is 0. The summed E-state index contributed by atoms with van der Waals surface area (Å²) in [6.45, 7) is 1.60. The highest BCUT2D eigenvalue weighted by Gasteiger charge is 2.33. The van der Waals surface area contributed by atoms with Gasteiger partial charge in [-0.2, -0.15) is 0 Å². The average Bonchev–Trinajstić information content (AvgIpc) is 3.20. The van der Waals surface area contributed by atoms with Crippen molar-refractivity contribution in [1.29, 1.82) is 0 Å². The summed E-state index contributed by atoms with van der Waals surface area (Å²) in [6, 6.07) is 12.9. The van der Waals surface area contributed by atoms with Crippen LogP contribution in [-0.4, -0.2) is 56.4 Å². The average molecular weight is 500 g/mol. The van der Waals surface area contributed by atoms with Crippen LogP contribution in [0.5, 0.6) is 5.75 Å². The van der Waals surface area contributed by atoms with Crippen molar-refractivity contribution in [2.45, 2.75) is 26.0 Å². The van der Waals surface area contributed by atoms with Crippen LogP contribution >= 0.6 is 0 Å². The topological polar surface area (TPSA) is 120 Å². The Labute approximate surface area is 202 Å². The molecule has 2 aromatic carbocycles. The largest absolute Gasteiger partial charge is 0.489 e. The molecule has 0 spiro atoms. The van der Waals surface area contributed by atoms with E-state index >= 15 is 0 Å². The summed E-state index contributed by atoms with van der Waals surface area (Å²) in [5.74, 6) is -0.584. The van der Waals surface area contributed by atoms with Crippen LogP contribution in [0.25, 0.3) is 11.0 Å². The van der Waals surface area contributed by atoms with Crippen molar-refractivity contribution in [2.24, 2.45) is 0 Å². The molecule has 1 amide bonds. The smallest absolute Gasteiger partial charge is 0.338 e. The number of benzene rings is 2. The Balaban J connectivity index is 1.30. The molecule has 0 saturated carbocycles. The summed E-state index contributed by atoms with van der Waals surface area (Å²) in [7, 11) is -1.60. The van der Waals surface area contributed by atoms with E-state index in [4.69, 9.17) is 13.9 Å². The Kier molecular flexibility index (Phi) is 6.93. The second-order valence-electron chi connectivity index (χ2n) is 8.53. The molecule has 1 aliphatic rings. The van der Waals surface area contributed by atoms with E-state index in [1.54, 1.807) is 36.4 Å². The van der Waals surface area contributed by atoms with Gasteiger partial charge in [0.25, 0.3) is 5.91 Å². The van der Waals surface area contributed by atoms with Crippen LogP contribution < -0.4 is 10.4 Å². The third-order valence-corrected chi connectivity index (χ3v) is 7.74. The van der Waals surface area contributed by atoms with E-state index in [0.29, 0.717) is 17.8 Å². The highest BCUT2D eigenvalue weighted by atomic mass is 32.2. The van der Waals surface area contributed by atoms with Gasteiger partial charge >= 0.3 is 11.6 Å². The molecule has 1 saturated heterocycles. The molecule has 0 radical (unpaired) electrons. The molecule has 1 fully saturated rings. The molecule has 0 bridgehead atoms. The van der Waals surface area contributed by atoms with Crippen LogP contribution in [0, 0.1) is 6.92 Å². The molecular weight excluding hydrogens is 474 g/mol. The van der Waals surface area contributed by atoms with E-state index in [9.17, 15) is 22.8 Å². The number of fused-ring (bicyclic) bond motifs is 1. The van der Waals surface area contributed by atoms with Crippen molar-refractivity contribution in [3.8, 4) is 5.75 Å². The lowest BCUT2D eigenvalue weighted by Crippen LogP contribution is -2.40. The monoisotopic (exact) mass is 499 g/mol. The van der Waals surface area contributed by atoms with E-state index in [2.05, 4.69) is 0 Å². The maximum atomic E-state index is 12.3. The summed E-state index contributed by atoms with van der Waals surface area (Å²) in [5, 5.41) is 0.831. The Morgan fingerprint density at radius 2 is 1.86 bits per heavy atom. The van der Waals surface area contributed by atoms with E-state index < -0.39 is 40.0 Å². The summed E-state index contributed by atoms with van der Waals surface area (Å²) in [5.41, 5.74) is 1.92. The molecule has 2 heterocycles. The molecule has 0 aliphatic carbocycles. The Hall–Kier alpha value is -3.66. The standard InChI is InChI=1S/C25H25NO8S/c1-16-11-24(28)34-22-12-20(7-8-21(16)22)32-13-17-3-5-18(6-4-17)25(29)33-14-23(27)26(2)19-9-10-35(30,31)15-19/h3-8,11-12,19H,9-10,13-15H2,1-2H3/t19-/m1/s1. The number of ether oxygens (including phenoxy) is 2. The lowest BCUT2D eigenvalue weighted by atomic mass is 10.1. The molecule has 1 aliphatic heterocycles. The molecule has 35 heavy (non-hydrogen) atoms. The van der Waals surface area contributed by atoms with Crippen molar-refractivity contribution in [3.05, 3.63) is 75.6 Å². The number of hydrogen-bond donors (Lipinski definition) is 0. The summed E-state index contributed by atoms with van der Waals surface area (Å²) < 4.78 is 39.3. The van der Waals surface area contributed by atoms with Gasteiger partial charge in [-0.1, -0.05) is 12.1 Å². The number of hydrogen-bond acceptors (Lipinski definition) is 8. The zero-order valence-corrected chi connectivity index (χ0v) is 20.2. The normalized spacial score (nSPS) is 16.7. The van der Waals surface area contributed by atoms with Crippen LogP contribution in [0.4, 0.5) is 0 Å². The van der Waals surface area contributed by atoms with E-state index in [-0.39, 0.29) is 23.7 Å². The van der Waals surface area contributed by atoms with Crippen LogP contribution in [0.15, 0.2) is 57.7 Å². The fourth-order valence-corrected chi connectivity index (χ4v) is 5.67. The van der Waals surface area contributed by atoms with Gasteiger partial charge in [0.05, 0.1) is 17.1 Å². The van der Waals surface area contributed by atoms with Crippen LogP contribution in [0.2, 0.25) is 0 Å². The van der Waals surface area contributed by atoms with Gasteiger partial charge in [0, 0.05) is 30.6 Å². The maximum Gasteiger partial charge on any atom is 0.338 e. The number of nitrogens with zero attached hydrogens (tertiary/aromatic N) is 1. The summed E-state index contributed by atoms with van der Waals surface area (Å²) in [4.78, 5) is 37.5. The van der Waals surface area contributed by atoms with Gasteiger partial charge in [-0.15, -0.1) is 0 Å². The SMILES string of the molecule is Cc1cc(=O)oc2cc(OCc3ccc(C(=O)OCC(=O)N(C)[C@@H]4CCS(=O)(=O)C4)cc3)ccc12. The summed E-state index contributed by atoms with van der Waals surface area (Å²) in [6.07, 6.45) is 0.384. The third-order valence-electron chi connectivity index (χ3n) is 5.99. The maximum absolute atomic E-state index is 12.3. The minimum absolute atomic E-state index is 0.0576. The molecule has 1 aromatic heterocycles. The molecule has 4 rings (SSSR count). The number of carbonyl (C=O) groups excluding carboxylic acids is 2. The minimum atomic E-state index is -3.12. The predicted molar refractivity (Wildman–Crippen MR) is 128 cm³/mol. The molecular formula is C25H25NO8S. The van der Waals surface area contributed by atoms with Crippen LogP contribution in [-0.2, 0) is 26.0 Å². The van der Waals surface area contributed by atoms with Crippen molar-refractivity contribution in [3.63, 3.8) is 0 Å². The molecule has 0 N–H and O–H groups in total. The van der Waals surface area contributed by atoms with Crippen LogP contribution in [0.3, 0.4) is 0 Å². The quantitative estimate of drug-likeness (QED) is 0.359. The van der Waals surface area contributed by atoms with Gasteiger partial charge in [0.1, 0.15) is 17.9 Å². The first-order valence-electron chi connectivity index (χ1n) is 11.0. The fourth-order valence-electron chi connectivity index (χ4n) is 3.90. The number of carbonyl (C=O) groups is 2. The highest BCUT2D eigenvalue weighted by molar-refractivity contribution is 7.91. The lowest BCUT2D eigenvalue weighted by Gasteiger charge is -2.23. The van der Waals surface area contributed by atoms with E-state index in [1.165, 1.54) is 18.0 Å². The Morgan fingerprint density at radius 3 is 2.54 bits per heavy atom. The van der Waals surface area contributed by atoms with Gasteiger partial charge in [0.2, 0.25) is 0 Å². The van der Waals surface area contributed by atoms with Gasteiger partial charge in [-0.05, 0) is 48.7 Å². The van der Waals surface area contributed by atoms with Crippen LogP contribution in [0.1, 0.15) is 27.9 Å². The molecule has 9 nitrogen and oxygen atoms in total. The fraction of sp³-hybridized carbons (Fsp3) is 0.320. The van der Waals surface area contributed by atoms with E-state index in [0.717, 1.165) is 16.5 Å². The van der Waals surface area contributed by atoms with Crippen molar-refractivity contribution < 1.29 is 31.9 Å². The van der Waals surface area contributed by atoms with Crippen molar-refractivity contribution in [2.75, 3.05) is 25.2 Å². The minimum Gasteiger partial charge on any atom is -0.489 e. The number of aryl methyl sites for hydroxylation is 1. The Morgan fingerprint density at radius 1 is 1.11 bits per heavy atom. The number of amides is 1. The molecule has 184 valence electrons. The lowest BCUT2D eigenvalue weighted by molar-refractivity contribution is -0.134. The number of rotatable bonds is 7. The third kappa shape index (κ3) is 5.89. The molecule has 0 unspecified atom stereocenters. The predicted octanol–water partition coefficient (Wildman–Crippen LogP) is 2.48. The first-order chi connectivity index (χ1) is 16.6. The number of esters is 1. The molecule has 1 atom stereocenters. The number of sulfone groups is 1. The van der Waals surface area contributed by atoms with Gasteiger partial charge in [-0.25, -0.2) is 18.0 Å². The molecule has 10 heteroatoms. The first kappa shape index (κ1) is 24.5. The van der Waals surface area contributed by atoms with E-state index in [1.807, 2.05) is 13.0 Å². The highest BCUT2D eigenvalue weighted by Crippen LogP contribution is 2.23. The van der Waals surface area contributed by atoms with Crippen molar-refractivity contribution in [1.82, 2.24) is 4.90 Å². The van der Waals surface area contributed by atoms with Gasteiger partial charge < -0.3 is 18.8 Å². The Bertz CT molecular complexity index is 1430. The second kappa shape index (κ2) is 9.91. The van der Waals surface area contributed by atoms with Gasteiger partial charge in [0.15, 0.2) is 16.4 Å². The zero-order chi connectivity index (χ0) is 25.2. The zero-order valence-electron chi connectivity index (χ0n) is 19.4. The molecule has 3 aromatic rings. The second-order valence-corrected chi connectivity index (χ2v) is 10.8.